The number of fused-ring (bicyclic) bond motifs is 1. The number of aliphatic hydroxyl groups excluding tert-OH is 1. The van der Waals surface area contributed by atoms with Gasteiger partial charge in [-0.25, -0.2) is 4.98 Å². The van der Waals surface area contributed by atoms with Crippen molar-refractivity contribution >= 4 is 51.7 Å². The van der Waals surface area contributed by atoms with Crippen LogP contribution in [0.2, 0.25) is 0 Å². The minimum Gasteiger partial charge on any atom is -0.394 e. The zero-order valence-electron chi connectivity index (χ0n) is 18.3. The molecule has 2 aromatic rings. The van der Waals surface area contributed by atoms with E-state index in [-0.39, 0.29) is 24.7 Å². The van der Waals surface area contributed by atoms with Gasteiger partial charge in [-0.15, -0.1) is 0 Å². The van der Waals surface area contributed by atoms with E-state index >= 15 is 0 Å². The highest BCUT2D eigenvalue weighted by atomic mass is 32.2. The SMILES string of the molecule is CCCCCN1C(=O)/C(=C/c2c(NCCOCCO)nc3c(C)cccn3c2=O)SC1=S. The van der Waals surface area contributed by atoms with E-state index in [0.29, 0.717) is 46.0 Å². The summed E-state index contributed by atoms with van der Waals surface area (Å²) >= 11 is 6.61. The number of thiocarbonyl (C=S) groups is 1. The van der Waals surface area contributed by atoms with Crippen molar-refractivity contribution in [1.29, 1.82) is 0 Å². The van der Waals surface area contributed by atoms with Gasteiger partial charge in [-0.2, -0.15) is 0 Å². The van der Waals surface area contributed by atoms with Crippen molar-refractivity contribution in [3.05, 3.63) is 44.7 Å². The molecule has 0 radical (unpaired) electrons. The lowest BCUT2D eigenvalue weighted by Gasteiger charge is -2.14. The lowest BCUT2D eigenvalue weighted by molar-refractivity contribution is -0.122. The summed E-state index contributed by atoms with van der Waals surface area (Å²) in [6, 6.07) is 3.68. The van der Waals surface area contributed by atoms with Crippen LogP contribution >= 0.6 is 24.0 Å². The van der Waals surface area contributed by atoms with Crippen LogP contribution in [0.4, 0.5) is 5.82 Å². The van der Waals surface area contributed by atoms with Crippen LogP contribution in [-0.2, 0) is 9.53 Å². The Morgan fingerprint density at radius 1 is 1.31 bits per heavy atom. The molecule has 32 heavy (non-hydrogen) atoms. The Bertz CT molecular complexity index is 1080. The molecule has 0 bridgehead atoms. The molecule has 3 heterocycles. The van der Waals surface area contributed by atoms with Crippen LogP contribution < -0.4 is 10.9 Å². The van der Waals surface area contributed by atoms with Crippen LogP contribution in [0, 0.1) is 6.92 Å². The molecule has 1 saturated heterocycles. The number of hydrogen-bond acceptors (Lipinski definition) is 8. The normalized spacial score (nSPS) is 15.3. The number of amides is 1. The second-order valence-electron chi connectivity index (χ2n) is 7.37. The average Bonchev–Trinajstić information content (AvgIpc) is 3.04. The van der Waals surface area contributed by atoms with Gasteiger partial charge in [0.1, 0.15) is 15.8 Å². The van der Waals surface area contributed by atoms with Gasteiger partial charge in [-0.3, -0.25) is 18.9 Å². The fourth-order valence-electron chi connectivity index (χ4n) is 3.33. The van der Waals surface area contributed by atoms with Crippen LogP contribution in [0.5, 0.6) is 0 Å². The van der Waals surface area contributed by atoms with Crippen LogP contribution in [-0.4, -0.2) is 62.5 Å². The first-order valence-electron chi connectivity index (χ1n) is 10.7. The highest BCUT2D eigenvalue weighted by molar-refractivity contribution is 8.26. The molecule has 172 valence electrons. The van der Waals surface area contributed by atoms with Gasteiger partial charge in [0, 0.05) is 19.3 Å². The Kier molecular flexibility index (Phi) is 8.80. The zero-order chi connectivity index (χ0) is 23.1. The van der Waals surface area contributed by atoms with Crippen LogP contribution in [0.25, 0.3) is 11.7 Å². The Hall–Kier alpha value is -2.27. The predicted octanol–water partition coefficient (Wildman–Crippen LogP) is 2.82. The van der Waals surface area contributed by atoms with Gasteiger partial charge < -0.3 is 15.2 Å². The molecule has 0 spiro atoms. The summed E-state index contributed by atoms with van der Waals surface area (Å²) < 4.78 is 7.28. The summed E-state index contributed by atoms with van der Waals surface area (Å²) in [5.74, 6) is 0.204. The summed E-state index contributed by atoms with van der Waals surface area (Å²) in [5.41, 5.74) is 1.43. The number of hydrogen-bond donors (Lipinski definition) is 2. The monoisotopic (exact) mass is 476 g/mol. The van der Waals surface area contributed by atoms with Crippen molar-refractivity contribution in [1.82, 2.24) is 14.3 Å². The molecule has 1 fully saturated rings. The lowest BCUT2D eigenvalue weighted by atomic mass is 10.2. The third-order valence-corrected chi connectivity index (χ3v) is 6.37. The summed E-state index contributed by atoms with van der Waals surface area (Å²) in [6.45, 7) is 5.49. The molecule has 2 aromatic heterocycles. The number of aromatic nitrogens is 2. The van der Waals surface area contributed by atoms with E-state index in [2.05, 4.69) is 17.2 Å². The zero-order valence-corrected chi connectivity index (χ0v) is 19.9. The largest absolute Gasteiger partial charge is 0.394 e. The van der Waals surface area contributed by atoms with Gasteiger partial charge in [0.25, 0.3) is 11.5 Å². The topological polar surface area (TPSA) is 96.2 Å². The number of anilines is 1. The molecule has 2 N–H and O–H groups in total. The lowest BCUT2D eigenvalue weighted by Crippen LogP contribution is -2.29. The first kappa shape index (κ1) is 24.4. The molecule has 0 aromatic carbocycles. The molecule has 3 rings (SSSR count). The minimum atomic E-state index is -0.270. The molecule has 8 nitrogen and oxygen atoms in total. The fraction of sp³-hybridized carbons (Fsp3) is 0.455. The average molecular weight is 477 g/mol. The Labute approximate surface area is 196 Å². The van der Waals surface area contributed by atoms with Gasteiger partial charge in [0.05, 0.1) is 30.3 Å². The van der Waals surface area contributed by atoms with Crippen LogP contribution in [0.1, 0.15) is 37.3 Å². The van der Waals surface area contributed by atoms with Gasteiger partial charge in [0.15, 0.2) is 0 Å². The number of nitrogens with one attached hydrogen (secondary N) is 1. The minimum absolute atomic E-state index is 0.0554. The van der Waals surface area contributed by atoms with Gasteiger partial charge in [-0.05, 0) is 31.1 Å². The third kappa shape index (κ3) is 5.55. The molecular formula is C22H28N4O4S2. The highest BCUT2D eigenvalue weighted by Crippen LogP contribution is 2.33. The molecule has 0 aliphatic carbocycles. The Morgan fingerprint density at radius 3 is 2.88 bits per heavy atom. The summed E-state index contributed by atoms with van der Waals surface area (Å²) in [5, 5.41) is 12.0. The summed E-state index contributed by atoms with van der Waals surface area (Å²) in [6.07, 6.45) is 6.22. The molecule has 0 saturated carbocycles. The maximum atomic E-state index is 13.3. The van der Waals surface area contributed by atoms with Crippen LogP contribution in [0.3, 0.4) is 0 Å². The van der Waals surface area contributed by atoms with E-state index in [0.717, 1.165) is 24.8 Å². The van der Waals surface area contributed by atoms with Crippen molar-refractivity contribution < 1.29 is 14.6 Å². The number of carbonyl (C=O) groups excluding carboxylic acids is 1. The quantitative estimate of drug-likeness (QED) is 0.290. The van der Waals surface area contributed by atoms with E-state index in [1.165, 1.54) is 16.2 Å². The summed E-state index contributed by atoms with van der Waals surface area (Å²) in [7, 11) is 0. The number of aliphatic hydroxyl groups is 1. The number of carbonyl (C=O) groups is 1. The number of nitrogens with zero attached hydrogens (tertiary/aromatic N) is 3. The number of thioether (sulfide) groups is 1. The standard InChI is InChI=1S/C22H28N4O4S2/c1-3-4-5-9-26-21(29)17(32-22(26)31)14-16-18(23-8-12-30-13-11-27)24-19-15(2)7-6-10-25(19)20(16)28/h6-7,10,14,23,27H,3-5,8-9,11-13H2,1-2H3/b17-14-. The second kappa shape index (κ2) is 11.6. The van der Waals surface area contributed by atoms with Gasteiger partial charge in [-0.1, -0.05) is 49.8 Å². The number of rotatable bonds is 11. The van der Waals surface area contributed by atoms with Crippen molar-refractivity contribution in [3.63, 3.8) is 0 Å². The molecule has 1 amide bonds. The fourth-order valence-corrected chi connectivity index (χ4v) is 4.62. The maximum Gasteiger partial charge on any atom is 0.267 e. The van der Waals surface area contributed by atoms with Crippen molar-refractivity contribution in [2.45, 2.75) is 33.1 Å². The summed E-state index contributed by atoms with van der Waals surface area (Å²) in [4.78, 5) is 32.9. The van der Waals surface area contributed by atoms with Crippen LogP contribution in [0.15, 0.2) is 28.0 Å². The van der Waals surface area contributed by atoms with Crippen molar-refractivity contribution in [3.8, 4) is 0 Å². The van der Waals surface area contributed by atoms with E-state index in [1.807, 2.05) is 13.0 Å². The first-order chi connectivity index (χ1) is 15.5. The molecule has 0 unspecified atom stereocenters. The van der Waals surface area contributed by atoms with E-state index in [1.54, 1.807) is 23.2 Å². The van der Waals surface area contributed by atoms with E-state index in [9.17, 15) is 9.59 Å². The first-order valence-corrected chi connectivity index (χ1v) is 11.9. The molecular weight excluding hydrogens is 448 g/mol. The molecule has 0 atom stereocenters. The smallest absolute Gasteiger partial charge is 0.267 e. The van der Waals surface area contributed by atoms with E-state index in [4.69, 9.17) is 22.1 Å². The number of aryl methyl sites for hydroxylation is 1. The third-order valence-electron chi connectivity index (χ3n) is 4.99. The molecule has 1 aliphatic rings. The van der Waals surface area contributed by atoms with Crippen molar-refractivity contribution in [2.24, 2.45) is 0 Å². The predicted molar refractivity (Wildman–Crippen MR) is 132 cm³/mol. The maximum absolute atomic E-state index is 13.3. The number of ether oxygens (including phenoxy) is 1. The Morgan fingerprint density at radius 2 is 2.12 bits per heavy atom. The molecule has 1 aliphatic heterocycles. The highest BCUT2D eigenvalue weighted by Gasteiger charge is 2.32. The number of pyridine rings is 1. The number of unbranched alkanes of at least 4 members (excludes halogenated alkanes) is 2. The van der Waals surface area contributed by atoms with E-state index < -0.39 is 0 Å². The molecule has 10 heteroatoms. The Balaban J connectivity index is 1.96. The van der Waals surface area contributed by atoms with Gasteiger partial charge >= 0.3 is 0 Å². The van der Waals surface area contributed by atoms with Crippen molar-refractivity contribution in [2.75, 3.05) is 38.2 Å². The van der Waals surface area contributed by atoms with Gasteiger partial charge in [0.2, 0.25) is 0 Å². The second-order valence-corrected chi connectivity index (χ2v) is 9.04.